The van der Waals surface area contributed by atoms with Crippen molar-refractivity contribution in [2.45, 2.75) is 22.7 Å². The topological polar surface area (TPSA) is 102 Å². The number of Topliss-reactive ketones (excluding diaryl/α,β-unsaturated/α-hetero) is 1. The van der Waals surface area contributed by atoms with Gasteiger partial charge in [-0.05, 0) is 65.2 Å². The monoisotopic (exact) mass is 689 g/mol. The Balaban J connectivity index is 1.36. The number of aliphatic hydroxyl groups excluding tert-OH is 1. The number of ketones is 1. The van der Waals surface area contributed by atoms with Gasteiger partial charge in [0.25, 0.3) is 5.78 Å². The number of benzene rings is 4. The Morgan fingerprint density at radius 2 is 1.72 bits per heavy atom. The predicted molar refractivity (Wildman–Crippen MR) is 181 cm³/mol. The summed E-state index contributed by atoms with van der Waals surface area (Å²) < 4.78 is 11.9. The number of carbonyl (C=O) groups is 2. The molecular weight excluding hydrogens is 665 g/mol. The largest absolute Gasteiger partial charge is 0.507 e. The summed E-state index contributed by atoms with van der Waals surface area (Å²) in [6.07, 6.45) is 0. The molecule has 8 nitrogen and oxygen atoms in total. The Kier molecular flexibility index (Phi) is 9.60. The number of amides is 1. The van der Waals surface area contributed by atoms with Gasteiger partial charge < -0.3 is 14.6 Å². The van der Waals surface area contributed by atoms with Crippen LogP contribution in [0.25, 0.3) is 5.76 Å². The molecule has 12 heteroatoms. The number of aliphatic hydroxyl groups is 1. The van der Waals surface area contributed by atoms with Gasteiger partial charge in [0, 0.05) is 21.4 Å². The third kappa shape index (κ3) is 6.75. The van der Waals surface area contributed by atoms with E-state index in [4.69, 9.17) is 32.7 Å². The van der Waals surface area contributed by atoms with Crippen LogP contribution in [0.5, 0.6) is 11.5 Å². The van der Waals surface area contributed by atoms with Gasteiger partial charge in [-0.2, -0.15) is 0 Å². The van der Waals surface area contributed by atoms with Gasteiger partial charge in [-0.1, -0.05) is 94.8 Å². The van der Waals surface area contributed by atoms with Gasteiger partial charge in [0.05, 0.1) is 18.7 Å². The summed E-state index contributed by atoms with van der Waals surface area (Å²) in [5, 5.41) is 21.3. The Hall–Kier alpha value is -4.35. The van der Waals surface area contributed by atoms with Crippen LogP contribution in [0, 0.1) is 0 Å². The number of hydrogen-bond donors (Lipinski definition) is 1. The molecule has 0 spiro atoms. The van der Waals surface area contributed by atoms with E-state index in [0.717, 1.165) is 22.5 Å². The van der Waals surface area contributed by atoms with Crippen LogP contribution < -0.4 is 14.4 Å². The van der Waals surface area contributed by atoms with Crippen molar-refractivity contribution in [1.29, 1.82) is 0 Å². The molecule has 1 unspecified atom stereocenters. The zero-order valence-electron chi connectivity index (χ0n) is 24.2. The number of halogens is 2. The molecule has 1 aliphatic heterocycles. The highest BCUT2D eigenvalue weighted by Gasteiger charge is 2.48. The Morgan fingerprint density at radius 1 is 0.935 bits per heavy atom. The molecule has 46 heavy (non-hydrogen) atoms. The summed E-state index contributed by atoms with van der Waals surface area (Å²) in [6, 6.07) is 27.7. The van der Waals surface area contributed by atoms with E-state index in [1.165, 1.54) is 23.8 Å². The summed E-state index contributed by atoms with van der Waals surface area (Å²) in [5.74, 6) is -0.387. The van der Waals surface area contributed by atoms with Crippen molar-refractivity contribution < 1.29 is 24.2 Å². The molecule has 1 aliphatic rings. The fourth-order valence-electron chi connectivity index (χ4n) is 4.90. The summed E-state index contributed by atoms with van der Waals surface area (Å²) >= 11 is 14.9. The molecule has 1 atom stereocenters. The van der Waals surface area contributed by atoms with E-state index < -0.39 is 17.7 Å². The first kappa shape index (κ1) is 31.6. The zero-order chi connectivity index (χ0) is 32.2. The van der Waals surface area contributed by atoms with Crippen molar-refractivity contribution in [2.75, 3.05) is 12.0 Å². The number of rotatable bonds is 10. The number of nitrogens with zero attached hydrogens (tertiary/aromatic N) is 3. The number of thioether (sulfide) groups is 1. The number of hydrogen-bond acceptors (Lipinski definition) is 9. The van der Waals surface area contributed by atoms with E-state index in [2.05, 4.69) is 10.2 Å². The zero-order valence-corrected chi connectivity index (χ0v) is 27.4. The molecule has 0 radical (unpaired) electrons. The van der Waals surface area contributed by atoms with Crippen molar-refractivity contribution in [2.24, 2.45) is 0 Å². The van der Waals surface area contributed by atoms with Gasteiger partial charge in [-0.25, -0.2) is 0 Å². The maximum atomic E-state index is 13.7. The fourth-order valence-corrected chi connectivity index (χ4v) is 7.33. The minimum atomic E-state index is -1.00. The molecule has 1 amide bonds. The van der Waals surface area contributed by atoms with Crippen molar-refractivity contribution in [3.05, 3.63) is 135 Å². The molecule has 4 aromatic carbocycles. The first-order valence-electron chi connectivity index (χ1n) is 13.9. The second-order valence-corrected chi connectivity index (χ2v) is 13.1. The number of ether oxygens (including phenoxy) is 2. The quantitative estimate of drug-likeness (QED) is 0.0513. The van der Waals surface area contributed by atoms with Crippen LogP contribution in [-0.2, 0) is 21.9 Å². The molecule has 1 saturated heterocycles. The predicted octanol–water partition coefficient (Wildman–Crippen LogP) is 8.35. The second kappa shape index (κ2) is 14.0. The summed E-state index contributed by atoms with van der Waals surface area (Å²) in [6.45, 7) is 0.324. The molecule has 0 bridgehead atoms. The summed E-state index contributed by atoms with van der Waals surface area (Å²) in [4.78, 5) is 28.6. The van der Waals surface area contributed by atoms with Crippen molar-refractivity contribution >= 4 is 68.9 Å². The first-order valence-corrected chi connectivity index (χ1v) is 16.5. The molecule has 1 N–H and O–H groups in total. The van der Waals surface area contributed by atoms with E-state index in [9.17, 15) is 14.7 Å². The standard InChI is InChI=1S/C34H25Cl2N3O5S2/c1-43-25-14-11-21(12-15-25)30(40)28-29(22-8-5-9-26(16-22)44-18-20-6-3-2-4-7-20)39(32(42)31(28)41)33-37-38-34(46-33)45-19-23-10-13-24(35)17-27(23)36/h2-17,29,40H,18-19H2,1H3. The van der Waals surface area contributed by atoms with Crippen LogP contribution in [-0.4, -0.2) is 34.1 Å². The van der Waals surface area contributed by atoms with Crippen molar-refractivity contribution in [3.63, 3.8) is 0 Å². The summed E-state index contributed by atoms with van der Waals surface area (Å²) in [7, 11) is 1.53. The fraction of sp³-hybridized carbons (Fsp3) is 0.118. The summed E-state index contributed by atoms with van der Waals surface area (Å²) in [5.41, 5.74) is 2.68. The van der Waals surface area contributed by atoms with Gasteiger partial charge in [-0.15, -0.1) is 10.2 Å². The first-order chi connectivity index (χ1) is 22.3. The Labute approximate surface area is 283 Å². The van der Waals surface area contributed by atoms with Crippen molar-refractivity contribution in [1.82, 2.24) is 10.2 Å². The SMILES string of the molecule is COc1ccc(C(O)=C2C(=O)C(=O)N(c3nnc(SCc4ccc(Cl)cc4Cl)s3)C2c2cccc(OCc3ccccc3)c2)cc1. The molecule has 1 fully saturated rings. The van der Waals surface area contributed by atoms with Crippen LogP contribution in [0.1, 0.15) is 28.3 Å². The lowest BCUT2D eigenvalue weighted by molar-refractivity contribution is -0.132. The lowest BCUT2D eigenvalue weighted by Crippen LogP contribution is -2.29. The average molecular weight is 691 g/mol. The normalized spacial score (nSPS) is 15.7. The van der Waals surface area contributed by atoms with Crippen LogP contribution in [0.3, 0.4) is 0 Å². The highest BCUT2D eigenvalue weighted by Crippen LogP contribution is 2.45. The number of carbonyl (C=O) groups excluding carboxylic acids is 2. The van der Waals surface area contributed by atoms with Gasteiger partial charge in [0.2, 0.25) is 5.13 Å². The molecule has 232 valence electrons. The van der Waals surface area contributed by atoms with Crippen molar-refractivity contribution in [3.8, 4) is 11.5 Å². The van der Waals surface area contributed by atoms with Gasteiger partial charge in [0.15, 0.2) is 4.34 Å². The minimum Gasteiger partial charge on any atom is -0.507 e. The van der Waals surface area contributed by atoms with Gasteiger partial charge >= 0.3 is 5.91 Å². The van der Waals surface area contributed by atoms with Crippen LogP contribution in [0.2, 0.25) is 10.0 Å². The van der Waals surface area contributed by atoms with E-state index in [0.29, 0.717) is 49.4 Å². The maximum absolute atomic E-state index is 13.7. The lowest BCUT2D eigenvalue weighted by atomic mass is 9.95. The molecule has 6 rings (SSSR count). The highest BCUT2D eigenvalue weighted by molar-refractivity contribution is 8.00. The van der Waals surface area contributed by atoms with E-state index in [-0.39, 0.29) is 16.5 Å². The maximum Gasteiger partial charge on any atom is 0.301 e. The Bertz CT molecular complexity index is 1930. The number of aromatic nitrogens is 2. The molecule has 2 heterocycles. The third-order valence-electron chi connectivity index (χ3n) is 7.20. The van der Waals surface area contributed by atoms with Gasteiger partial charge in [0.1, 0.15) is 23.9 Å². The molecule has 5 aromatic rings. The van der Waals surface area contributed by atoms with Gasteiger partial charge in [-0.3, -0.25) is 14.5 Å². The van der Waals surface area contributed by atoms with E-state index >= 15 is 0 Å². The minimum absolute atomic E-state index is 0.0762. The third-order valence-corrected chi connectivity index (χ3v) is 9.89. The molecule has 0 aliphatic carbocycles. The number of anilines is 1. The Morgan fingerprint density at radius 3 is 2.46 bits per heavy atom. The number of methoxy groups -OCH3 is 1. The van der Waals surface area contributed by atoms with Crippen LogP contribution >= 0.6 is 46.3 Å². The molecule has 1 aromatic heterocycles. The average Bonchev–Trinajstić information content (AvgIpc) is 3.65. The smallest absolute Gasteiger partial charge is 0.301 e. The van der Waals surface area contributed by atoms with Crippen LogP contribution in [0.15, 0.2) is 107 Å². The van der Waals surface area contributed by atoms with Crippen LogP contribution in [0.4, 0.5) is 5.13 Å². The van der Waals surface area contributed by atoms with E-state index in [1.54, 1.807) is 60.7 Å². The van der Waals surface area contributed by atoms with E-state index in [1.807, 2.05) is 36.4 Å². The molecule has 0 saturated carbocycles. The molecular formula is C34H25Cl2N3O5S2. The lowest BCUT2D eigenvalue weighted by Gasteiger charge is -2.23. The second-order valence-electron chi connectivity index (χ2n) is 10.1. The highest BCUT2D eigenvalue weighted by atomic mass is 35.5.